The first-order valence-electron chi connectivity index (χ1n) is 4.12. The van der Waals surface area contributed by atoms with Crippen molar-refractivity contribution >= 4 is 23.5 Å². The van der Waals surface area contributed by atoms with Crippen molar-refractivity contribution in [2.75, 3.05) is 11.6 Å². The van der Waals surface area contributed by atoms with E-state index in [1.165, 1.54) is 24.0 Å². The molecule has 1 amide bonds. The number of carbonyl (C=O) groups excluding carboxylic acids is 1. The number of nitrogens with one attached hydrogen (secondary N) is 1. The molecule has 0 saturated carbocycles. The molecular weight excluding hydrogens is 200 g/mol. The lowest BCUT2D eigenvalue weighted by molar-refractivity contribution is -0.115. The predicted octanol–water partition coefficient (Wildman–Crippen LogP) is 1.48. The van der Waals surface area contributed by atoms with Gasteiger partial charge in [-0.1, -0.05) is 0 Å². The molecule has 0 aliphatic carbocycles. The molecule has 2 N–H and O–H groups in total. The average molecular weight is 212 g/mol. The number of pyridine rings is 1. The smallest absolute Gasteiger partial charge is 0.238 e. The Morgan fingerprint density at radius 3 is 3.00 bits per heavy atom. The van der Waals surface area contributed by atoms with E-state index in [0.717, 1.165) is 0 Å². The minimum Gasteiger partial charge on any atom is -0.504 e. The number of anilines is 1. The number of amides is 1. The molecule has 0 aromatic carbocycles. The first kappa shape index (κ1) is 10.8. The normalized spacial score (nSPS) is 12.1. The van der Waals surface area contributed by atoms with Gasteiger partial charge in [-0.15, -0.1) is 0 Å². The fourth-order valence-corrected chi connectivity index (χ4v) is 1.09. The molecule has 4 nitrogen and oxygen atoms in total. The molecule has 1 rings (SSSR count). The molecule has 1 atom stereocenters. The van der Waals surface area contributed by atoms with Gasteiger partial charge in [-0.05, 0) is 25.3 Å². The van der Waals surface area contributed by atoms with Gasteiger partial charge in [0.1, 0.15) is 0 Å². The van der Waals surface area contributed by atoms with Crippen molar-refractivity contribution in [3.8, 4) is 5.75 Å². The second-order valence-corrected chi connectivity index (χ2v) is 3.92. The van der Waals surface area contributed by atoms with Crippen LogP contribution in [-0.2, 0) is 4.79 Å². The summed E-state index contributed by atoms with van der Waals surface area (Å²) in [6.07, 6.45) is 3.36. The van der Waals surface area contributed by atoms with Crippen molar-refractivity contribution in [3.63, 3.8) is 0 Å². The van der Waals surface area contributed by atoms with Crippen molar-refractivity contribution in [2.24, 2.45) is 0 Å². The lowest BCUT2D eigenvalue weighted by Gasteiger charge is -2.09. The maximum atomic E-state index is 11.4. The molecule has 0 spiro atoms. The van der Waals surface area contributed by atoms with E-state index in [4.69, 9.17) is 0 Å². The highest BCUT2D eigenvalue weighted by molar-refractivity contribution is 7.99. The molecule has 0 fully saturated rings. The predicted molar refractivity (Wildman–Crippen MR) is 57.5 cm³/mol. The second kappa shape index (κ2) is 4.85. The van der Waals surface area contributed by atoms with Gasteiger partial charge in [0, 0.05) is 6.20 Å². The molecular formula is C9H12N2O2S. The van der Waals surface area contributed by atoms with Crippen LogP contribution in [0.1, 0.15) is 6.92 Å². The first-order valence-corrected chi connectivity index (χ1v) is 5.41. The largest absolute Gasteiger partial charge is 0.504 e. The molecule has 0 aliphatic rings. The molecule has 1 heterocycles. The Hall–Kier alpha value is -1.23. The molecule has 14 heavy (non-hydrogen) atoms. The van der Waals surface area contributed by atoms with E-state index in [2.05, 4.69) is 10.3 Å². The molecule has 76 valence electrons. The zero-order chi connectivity index (χ0) is 10.6. The van der Waals surface area contributed by atoms with Crippen molar-refractivity contribution < 1.29 is 9.90 Å². The van der Waals surface area contributed by atoms with Crippen molar-refractivity contribution in [2.45, 2.75) is 12.2 Å². The van der Waals surface area contributed by atoms with Gasteiger partial charge in [0.05, 0.1) is 5.25 Å². The molecule has 0 aliphatic heterocycles. The summed E-state index contributed by atoms with van der Waals surface area (Å²) < 4.78 is 0. The van der Waals surface area contributed by atoms with Crippen LogP contribution in [0, 0.1) is 0 Å². The van der Waals surface area contributed by atoms with E-state index in [0.29, 0.717) is 0 Å². The summed E-state index contributed by atoms with van der Waals surface area (Å²) in [5.41, 5.74) is 0. The minimum absolute atomic E-state index is 0.0193. The van der Waals surface area contributed by atoms with Gasteiger partial charge in [-0.25, -0.2) is 4.98 Å². The van der Waals surface area contributed by atoms with Gasteiger partial charge < -0.3 is 10.4 Å². The van der Waals surface area contributed by atoms with Crippen LogP contribution in [0.3, 0.4) is 0 Å². The van der Waals surface area contributed by atoms with Crippen LogP contribution in [-0.4, -0.2) is 27.5 Å². The summed E-state index contributed by atoms with van der Waals surface area (Å²) in [5.74, 6) is 0.0269. The van der Waals surface area contributed by atoms with Gasteiger partial charge in [-0.3, -0.25) is 4.79 Å². The molecule has 0 bridgehead atoms. The Morgan fingerprint density at radius 2 is 2.43 bits per heavy atom. The highest BCUT2D eigenvalue weighted by Crippen LogP contribution is 2.19. The highest BCUT2D eigenvalue weighted by atomic mass is 32.2. The third-order valence-electron chi connectivity index (χ3n) is 1.75. The topological polar surface area (TPSA) is 62.2 Å². The van der Waals surface area contributed by atoms with E-state index in [-0.39, 0.29) is 22.7 Å². The quantitative estimate of drug-likeness (QED) is 0.796. The van der Waals surface area contributed by atoms with Crippen LogP contribution in [0.5, 0.6) is 5.75 Å². The van der Waals surface area contributed by atoms with Gasteiger partial charge in [0.25, 0.3) is 0 Å². The van der Waals surface area contributed by atoms with Crippen molar-refractivity contribution in [1.29, 1.82) is 0 Å². The van der Waals surface area contributed by atoms with Crippen molar-refractivity contribution in [3.05, 3.63) is 18.3 Å². The number of hydrogen-bond donors (Lipinski definition) is 2. The van der Waals surface area contributed by atoms with E-state index in [9.17, 15) is 9.90 Å². The van der Waals surface area contributed by atoms with Crippen LogP contribution in [0.4, 0.5) is 5.82 Å². The summed E-state index contributed by atoms with van der Waals surface area (Å²) >= 11 is 1.44. The molecule has 0 radical (unpaired) electrons. The zero-order valence-electron chi connectivity index (χ0n) is 8.02. The minimum atomic E-state index is -0.161. The summed E-state index contributed by atoms with van der Waals surface area (Å²) in [6, 6.07) is 3.08. The van der Waals surface area contributed by atoms with Crippen LogP contribution < -0.4 is 5.32 Å². The number of aromatic nitrogens is 1. The third-order valence-corrected chi connectivity index (χ3v) is 2.67. The molecule has 0 saturated heterocycles. The lowest BCUT2D eigenvalue weighted by Crippen LogP contribution is -2.22. The van der Waals surface area contributed by atoms with Crippen LogP contribution >= 0.6 is 11.8 Å². The Kier molecular flexibility index (Phi) is 3.76. The highest BCUT2D eigenvalue weighted by Gasteiger charge is 2.13. The third kappa shape index (κ3) is 2.63. The molecule has 5 heteroatoms. The standard InChI is InChI=1S/C9H12N2O2S/c1-6(14-2)9(13)11-8-7(12)4-3-5-10-8/h3-6,12H,1-2H3,(H,10,11,13). The SMILES string of the molecule is CSC(C)C(=O)Nc1ncccc1O. The van der Waals surface area contributed by atoms with E-state index in [1.807, 2.05) is 6.26 Å². The van der Waals surface area contributed by atoms with Gasteiger partial charge in [0.15, 0.2) is 11.6 Å². The number of carbonyl (C=O) groups is 1. The molecule has 1 unspecified atom stereocenters. The Balaban J connectivity index is 2.70. The second-order valence-electron chi connectivity index (χ2n) is 2.74. The van der Waals surface area contributed by atoms with Gasteiger partial charge in [0.2, 0.25) is 5.91 Å². The van der Waals surface area contributed by atoms with E-state index < -0.39 is 0 Å². The van der Waals surface area contributed by atoms with Crippen LogP contribution in [0.15, 0.2) is 18.3 Å². The lowest BCUT2D eigenvalue weighted by atomic mass is 10.4. The Morgan fingerprint density at radius 1 is 1.71 bits per heavy atom. The van der Waals surface area contributed by atoms with Gasteiger partial charge in [-0.2, -0.15) is 11.8 Å². The fourth-order valence-electron chi connectivity index (χ4n) is 0.818. The number of thioether (sulfide) groups is 1. The van der Waals surface area contributed by atoms with Crippen LogP contribution in [0.2, 0.25) is 0 Å². The maximum absolute atomic E-state index is 11.4. The summed E-state index contributed by atoms with van der Waals surface area (Å²) in [5, 5.41) is 11.7. The van der Waals surface area contributed by atoms with Crippen molar-refractivity contribution in [1.82, 2.24) is 4.98 Å². The molecule has 1 aromatic heterocycles. The van der Waals surface area contributed by atoms with E-state index >= 15 is 0 Å². The fraction of sp³-hybridized carbons (Fsp3) is 0.333. The van der Waals surface area contributed by atoms with Crippen LogP contribution in [0.25, 0.3) is 0 Å². The first-order chi connectivity index (χ1) is 6.65. The Bertz CT molecular complexity index is 330. The maximum Gasteiger partial charge on any atom is 0.238 e. The number of rotatable bonds is 3. The summed E-state index contributed by atoms with van der Waals surface area (Å²) in [4.78, 5) is 15.3. The van der Waals surface area contributed by atoms with E-state index in [1.54, 1.807) is 13.0 Å². The Labute approximate surface area is 86.7 Å². The number of hydrogen-bond acceptors (Lipinski definition) is 4. The number of nitrogens with zero attached hydrogens (tertiary/aromatic N) is 1. The molecule has 1 aromatic rings. The average Bonchev–Trinajstić information content (AvgIpc) is 2.20. The number of aromatic hydroxyl groups is 1. The monoisotopic (exact) mass is 212 g/mol. The summed E-state index contributed by atoms with van der Waals surface area (Å²) in [6.45, 7) is 1.79. The summed E-state index contributed by atoms with van der Waals surface area (Å²) in [7, 11) is 0. The van der Waals surface area contributed by atoms with Gasteiger partial charge >= 0.3 is 0 Å². The zero-order valence-corrected chi connectivity index (χ0v) is 8.84.